The molecule has 1 heterocycles. The standard InChI is InChI=1S/C27H22Cl2N2O4S/c28-21-7-4-8-22(29)26(21)20-15-25(33)31(18-9-11-19(12-10-18)36(30,34)35)23-13-17(14-24(32)27(20)23)16-5-2-1-3-6-16/h1-12,17,20H,13-15H2,(H2,30,34,35). The number of ketones is 1. The number of carbonyl (C=O) groups is 2. The Bertz CT molecular complexity index is 1480. The van der Waals surface area contributed by atoms with E-state index in [1.807, 2.05) is 30.3 Å². The topological polar surface area (TPSA) is 97.5 Å². The summed E-state index contributed by atoms with van der Waals surface area (Å²) in [5.74, 6) is -0.987. The molecule has 1 amide bonds. The number of anilines is 1. The number of halogens is 2. The van der Waals surface area contributed by atoms with Crippen molar-refractivity contribution >= 4 is 50.6 Å². The maximum absolute atomic E-state index is 13.7. The van der Waals surface area contributed by atoms with Crippen LogP contribution in [0.2, 0.25) is 10.0 Å². The molecule has 1 aliphatic heterocycles. The lowest BCUT2D eigenvalue weighted by Gasteiger charge is -2.41. The molecule has 0 spiro atoms. The number of sulfonamides is 1. The number of carbonyl (C=O) groups excluding carboxylic acids is 2. The second-order valence-electron chi connectivity index (χ2n) is 8.96. The third-order valence-corrected chi connectivity index (χ3v) is 8.36. The smallest absolute Gasteiger partial charge is 0.238 e. The minimum atomic E-state index is -3.89. The maximum Gasteiger partial charge on any atom is 0.238 e. The van der Waals surface area contributed by atoms with Crippen molar-refractivity contribution in [3.63, 3.8) is 0 Å². The third-order valence-electron chi connectivity index (χ3n) is 6.77. The minimum Gasteiger partial charge on any atom is -0.294 e. The van der Waals surface area contributed by atoms with Gasteiger partial charge in [0.05, 0.1) is 4.90 Å². The van der Waals surface area contributed by atoms with Crippen LogP contribution in [0.5, 0.6) is 0 Å². The molecule has 36 heavy (non-hydrogen) atoms. The molecule has 0 fully saturated rings. The zero-order valence-electron chi connectivity index (χ0n) is 19.0. The summed E-state index contributed by atoms with van der Waals surface area (Å²) in [6, 6.07) is 20.6. The molecule has 6 nitrogen and oxygen atoms in total. The van der Waals surface area contributed by atoms with Gasteiger partial charge in [0.25, 0.3) is 0 Å². The number of hydrogen-bond acceptors (Lipinski definition) is 4. The van der Waals surface area contributed by atoms with Gasteiger partial charge in [-0.3, -0.25) is 14.5 Å². The van der Waals surface area contributed by atoms with Crippen LogP contribution in [0.4, 0.5) is 5.69 Å². The first-order valence-corrected chi connectivity index (χ1v) is 13.7. The van der Waals surface area contributed by atoms with Gasteiger partial charge < -0.3 is 0 Å². The third kappa shape index (κ3) is 4.48. The predicted octanol–water partition coefficient (Wildman–Crippen LogP) is 5.56. The van der Waals surface area contributed by atoms with Crippen LogP contribution in [0, 0.1) is 0 Å². The molecule has 2 atom stereocenters. The van der Waals surface area contributed by atoms with Crippen molar-refractivity contribution in [2.75, 3.05) is 4.90 Å². The minimum absolute atomic E-state index is 0.000962. The molecule has 3 aromatic carbocycles. The Labute approximate surface area is 219 Å². The van der Waals surface area contributed by atoms with Crippen LogP contribution in [-0.2, 0) is 19.6 Å². The Morgan fingerprint density at radius 3 is 2.06 bits per heavy atom. The summed E-state index contributed by atoms with van der Waals surface area (Å²) in [6.45, 7) is 0. The summed E-state index contributed by atoms with van der Waals surface area (Å²) in [5.41, 5.74) is 3.14. The molecule has 9 heteroatoms. The molecule has 0 bridgehead atoms. The Morgan fingerprint density at radius 2 is 1.44 bits per heavy atom. The molecule has 0 saturated heterocycles. The largest absolute Gasteiger partial charge is 0.294 e. The molecule has 0 radical (unpaired) electrons. The van der Waals surface area contributed by atoms with E-state index in [9.17, 15) is 18.0 Å². The lowest BCUT2D eigenvalue weighted by molar-refractivity contribution is -0.120. The number of Topliss-reactive ketones (excluding diaryl/α,β-unsaturated/α-hetero) is 1. The molecule has 0 saturated carbocycles. The first-order valence-electron chi connectivity index (χ1n) is 11.4. The molecular formula is C27H22Cl2N2O4S. The van der Waals surface area contributed by atoms with Crippen LogP contribution in [-0.4, -0.2) is 20.1 Å². The van der Waals surface area contributed by atoms with Crippen LogP contribution in [0.25, 0.3) is 0 Å². The number of benzene rings is 3. The van der Waals surface area contributed by atoms with Crippen LogP contribution in [0.15, 0.2) is 89.0 Å². The fourth-order valence-electron chi connectivity index (χ4n) is 5.17. The number of primary sulfonamides is 1. The normalized spacial score (nSPS) is 20.5. The highest BCUT2D eigenvalue weighted by molar-refractivity contribution is 7.89. The van der Waals surface area contributed by atoms with E-state index >= 15 is 0 Å². The molecular weight excluding hydrogens is 519 g/mol. The van der Waals surface area contributed by atoms with Gasteiger partial charge in [0, 0.05) is 45.8 Å². The van der Waals surface area contributed by atoms with E-state index in [2.05, 4.69) is 0 Å². The van der Waals surface area contributed by atoms with Gasteiger partial charge in [-0.2, -0.15) is 0 Å². The van der Waals surface area contributed by atoms with Gasteiger partial charge in [-0.25, -0.2) is 13.6 Å². The van der Waals surface area contributed by atoms with Gasteiger partial charge in [-0.05, 0) is 59.9 Å². The van der Waals surface area contributed by atoms with E-state index in [1.165, 1.54) is 29.2 Å². The quantitative estimate of drug-likeness (QED) is 0.468. The lowest BCUT2D eigenvalue weighted by Crippen LogP contribution is -2.42. The van der Waals surface area contributed by atoms with E-state index in [1.54, 1.807) is 18.2 Å². The summed E-state index contributed by atoms with van der Waals surface area (Å²) >= 11 is 13.0. The first kappa shape index (κ1) is 24.7. The number of allylic oxidation sites excluding steroid dienone is 2. The maximum atomic E-state index is 13.7. The van der Waals surface area contributed by atoms with Gasteiger partial charge in [0.1, 0.15) is 0 Å². The molecule has 2 unspecified atom stereocenters. The van der Waals surface area contributed by atoms with E-state index in [-0.39, 0.29) is 28.9 Å². The molecule has 2 aliphatic rings. The Morgan fingerprint density at radius 1 is 0.806 bits per heavy atom. The molecule has 3 aromatic rings. The summed E-state index contributed by atoms with van der Waals surface area (Å²) < 4.78 is 23.5. The highest BCUT2D eigenvalue weighted by Gasteiger charge is 2.43. The van der Waals surface area contributed by atoms with Crippen molar-refractivity contribution in [3.8, 4) is 0 Å². The van der Waals surface area contributed by atoms with Crippen LogP contribution >= 0.6 is 23.2 Å². The van der Waals surface area contributed by atoms with E-state index < -0.39 is 15.9 Å². The van der Waals surface area contributed by atoms with Gasteiger partial charge in [-0.15, -0.1) is 0 Å². The number of nitrogens with zero attached hydrogens (tertiary/aromatic N) is 1. The monoisotopic (exact) mass is 540 g/mol. The van der Waals surface area contributed by atoms with Crippen molar-refractivity contribution in [3.05, 3.63) is 105 Å². The molecule has 0 aromatic heterocycles. The fourth-order valence-corrected chi connectivity index (χ4v) is 6.35. The number of hydrogen-bond donors (Lipinski definition) is 1. The number of amides is 1. The van der Waals surface area contributed by atoms with Crippen molar-refractivity contribution in [2.45, 2.75) is 36.0 Å². The van der Waals surface area contributed by atoms with Crippen LogP contribution in [0.1, 0.15) is 42.2 Å². The van der Waals surface area contributed by atoms with E-state index in [4.69, 9.17) is 28.3 Å². The van der Waals surface area contributed by atoms with Crippen LogP contribution in [0.3, 0.4) is 0 Å². The average Bonchev–Trinajstić information content (AvgIpc) is 2.83. The van der Waals surface area contributed by atoms with E-state index in [0.717, 1.165) is 5.56 Å². The van der Waals surface area contributed by atoms with E-state index in [0.29, 0.717) is 45.4 Å². The molecule has 1 aliphatic carbocycles. The zero-order valence-corrected chi connectivity index (χ0v) is 21.4. The van der Waals surface area contributed by atoms with Gasteiger partial charge in [0.15, 0.2) is 5.78 Å². The Balaban J connectivity index is 1.68. The summed E-state index contributed by atoms with van der Waals surface area (Å²) in [7, 11) is -3.89. The first-order chi connectivity index (χ1) is 17.1. The number of rotatable bonds is 4. The molecule has 2 N–H and O–H groups in total. The second kappa shape index (κ2) is 9.48. The summed E-state index contributed by atoms with van der Waals surface area (Å²) in [5, 5.41) is 6.04. The van der Waals surface area contributed by atoms with Crippen LogP contribution < -0.4 is 10.0 Å². The zero-order chi connectivity index (χ0) is 25.6. The number of nitrogens with two attached hydrogens (primary N) is 1. The van der Waals surface area contributed by atoms with Crippen molar-refractivity contribution < 1.29 is 18.0 Å². The highest BCUT2D eigenvalue weighted by Crippen LogP contribution is 2.49. The molecule has 5 rings (SSSR count). The fraction of sp³-hybridized carbons (Fsp3) is 0.185. The van der Waals surface area contributed by atoms with Gasteiger partial charge in [0.2, 0.25) is 15.9 Å². The summed E-state index contributed by atoms with van der Waals surface area (Å²) in [6.07, 6.45) is 0.751. The second-order valence-corrected chi connectivity index (χ2v) is 11.3. The van der Waals surface area contributed by atoms with Crippen molar-refractivity contribution in [1.29, 1.82) is 0 Å². The van der Waals surface area contributed by atoms with Crippen molar-refractivity contribution in [2.24, 2.45) is 5.14 Å². The van der Waals surface area contributed by atoms with Gasteiger partial charge >= 0.3 is 0 Å². The summed E-state index contributed by atoms with van der Waals surface area (Å²) in [4.78, 5) is 28.8. The SMILES string of the molecule is NS(=O)(=O)c1ccc(N2C(=O)CC(c3c(Cl)cccc3Cl)C3=C2CC(c2ccccc2)CC3=O)cc1. The van der Waals surface area contributed by atoms with Gasteiger partial charge in [-0.1, -0.05) is 59.6 Å². The Kier molecular flexibility index (Phi) is 6.51. The van der Waals surface area contributed by atoms with Crippen molar-refractivity contribution in [1.82, 2.24) is 0 Å². The highest BCUT2D eigenvalue weighted by atomic mass is 35.5. The average molecular weight is 541 g/mol. The molecule has 184 valence electrons. The predicted molar refractivity (Wildman–Crippen MR) is 140 cm³/mol. The lowest BCUT2D eigenvalue weighted by atomic mass is 9.72. The Hall–Kier alpha value is -2.97.